The molecule has 4 aliphatic carbocycles. The van der Waals surface area contributed by atoms with Crippen molar-refractivity contribution in [2.45, 2.75) is 63.3 Å². The number of carbonyl (C=O) groups excluding carboxylic acids is 3. The number of piperazine rings is 1. The molecule has 0 aromatic heterocycles. The Bertz CT molecular complexity index is 919. The zero-order chi connectivity index (χ0) is 23.9. The van der Waals surface area contributed by atoms with Gasteiger partial charge in [0.25, 0.3) is 5.91 Å². The lowest BCUT2D eigenvalue weighted by molar-refractivity contribution is -0.159. The van der Waals surface area contributed by atoms with Crippen LogP contribution in [0.2, 0.25) is 0 Å². The van der Waals surface area contributed by atoms with Crippen LogP contribution in [-0.4, -0.2) is 65.5 Å². The van der Waals surface area contributed by atoms with Crippen molar-refractivity contribution in [3.8, 4) is 0 Å². The van der Waals surface area contributed by atoms with E-state index in [1.54, 1.807) is 0 Å². The highest BCUT2D eigenvalue weighted by molar-refractivity contribution is 8.00. The Balaban J connectivity index is 1.19. The van der Waals surface area contributed by atoms with Crippen LogP contribution in [0.3, 0.4) is 0 Å². The van der Waals surface area contributed by atoms with E-state index in [4.69, 9.17) is 0 Å². The number of rotatable bonds is 6. The quantitative estimate of drug-likeness (QED) is 0.625. The highest BCUT2D eigenvalue weighted by atomic mass is 32.2. The molecular formula is C27H37N3O3S. The van der Waals surface area contributed by atoms with Gasteiger partial charge >= 0.3 is 0 Å². The lowest BCUT2D eigenvalue weighted by Gasteiger charge is -2.57. The van der Waals surface area contributed by atoms with Crippen LogP contribution in [0.1, 0.15) is 62.7 Å². The molecule has 6 rings (SSSR count). The molecular weight excluding hydrogens is 446 g/mol. The van der Waals surface area contributed by atoms with E-state index in [1.165, 1.54) is 31.0 Å². The molecule has 0 spiro atoms. The predicted octanol–water partition coefficient (Wildman–Crippen LogP) is 3.80. The molecule has 0 unspecified atom stereocenters. The molecule has 1 heterocycles. The summed E-state index contributed by atoms with van der Waals surface area (Å²) in [6.07, 6.45) is 7.28. The monoisotopic (exact) mass is 483 g/mol. The number of amides is 3. The largest absolute Gasteiger partial charge is 0.353 e. The fourth-order valence-electron chi connectivity index (χ4n) is 7.27. The van der Waals surface area contributed by atoms with Crippen molar-refractivity contribution in [3.05, 3.63) is 29.8 Å². The van der Waals surface area contributed by atoms with Crippen LogP contribution < -0.4 is 5.32 Å². The number of hydrogen-bond acceptors (Lipinski definition) is 4. The van der Waals surface area contributed by atoms with E-state index >= 15 is 0 Å². The van der Waals surface area contributed by atoms with Crippen LogP contribution in [-0.2, 0) is 9.59 Å². The molecule has 0 radical (unpaired) electrons. The minimum Gasteiger partial charge on any atom is -0.353 e. The third kappa shape index (κ3) is 4.73. The molecule has 5 fully saturated rings. The predicted molar refractivity (Wildman–Crippen MR) is 134 cm³/mol. The van der Waals surface area contributed by atoms with Gasteiger partial charge in [-0.3, -0.25) is 14.4 Å². The normalized spacial score (nSPS) is 30.0. The van der Waals surface area contributed by atoms with Crippen molar-refractivity contribution in [3.63, 3.8) is 0 Å². The molecule has 1 aliphatic heterocycles. The van der Waals surface area contributed by atoms with Crippen molar-refractivity contribution >= 4 is 29.5 Å². The van der Waals surface area contributed by atoms with E-state index in [9.17, 15) is 14.4 Å². The van der Waals surface area contributed by atoms with Crippen molar-refractivity contribution in [2.24, 2.45) is 23.2 Å². The summed E-state index contributed by atoms with van der Waals surface area (Å²) in [5, 5.41) is 2.89. The molecule has 0 atom stereocenters. The van der Waals surface area contributed by atoms with E-state index in [1.807, 2.05) is 47.9 Å². The third-order valence-electron chi connectivity index (χ3n) is 8.27. The molecule has 3 amide bonds. The maximum atomic E-state index is 13.7. The van der Waals surface area contributed by atoms with Crippen LogP contribution in [0.5, 0.6) is 0 Å². The highest BCUT2D eigenvalue weighted by Crippen LogP contribution is 2.60. The summed E-state index contributed by atoms with van der Waals surface area (Å²) in [6, 6.07) is 7.63. The van der Waals surface area contributed by atoms with Crippen LogP contribution >= 0.6 is 11.8 Å². The first-order chi connectivity index (χ1) is 16.3. The Hall–Kier alpha value is -2.02. The molecule has 4 saturated carbocycles. The van der Waals surface area contributed by atoms with Crippen molar-refractivity contribution < 1.29 is 14.4 Å². The molecule has 184 valence electrons. The Labute approximate surface area is 207 Å². The van der Waals surface area contributed by atoms with Crippen molar-refractivity contribution in [2.75, 3.05) is 31.9 Å². The average molecular weight is 484 g/mol. The van der Waals surface area contributed by atoms with Gasteiger partial charge in [-0.25, -0.2) is 0 Å². The zero-order valence-electron chi connectivity index (χ0n) is 20.4. The minimum atomic E-state index is -0.110. The van der Waals surface area contributed by atoms with Gasteiger partial charge in [0.2, 0.25) is 11.8 Å². The average Bonchev–Trinajstić information content (AvgIpc) is 2.81. The molecule has 7 heteroatoms. The smallest absolute Gasteiger partial charge is 0.255 e. The van der Waals surface area contributed by atoms with Gasteiger partial charge in [0.15, 0.2) is 0 Å². The van der Waals surface area contributed by atoms with Crippen molar-refractivity contribution in [1.29, 1.82) is 0 Å². The summed E-state index contributed by atoms with van der Waals surface area (Å²) in [5.41, 5.74) is 0.534. The van der Waals surface area contributed by atoms with E-state index < -0.39 is 0 Å². The van der Waals surface area contributed by atoms with Crippen LogP contribution in [0, 0.1) is 23.2 Å². The molecule has 4 bridgehead atoms. The molecule has 1 saturated heterocycles. The first-order valence-electron chi connectivity index (χ1n) is 12.9. The fourth-order valence-corrected chi connectivity index (χ4v) is 8.12. The number of thioether (sulfide) groups is 1. The summed E-state index contributed by atoms with van der Waals surface area (Å²) in [5.74, 6) is 2.90. The Morgan fingerprint density at radius 2 is 1.50 bits per heavy atom. The summed E-state index contributed by atoms with van der Waals surface area (Å²) < 4.78 is 0. The van der Waals surface area contributed by atoms with Gasteiger partial charge in [0.05, 0.1) is 16.7 Å². The lowest BCUT2D eigenvalue weighted by atomic mass is 9.49. The molecule has 1 aromatic carbocycles. The first kappa shape index (κ1) is 23.7. The topological polar surface area (TPSA) is 69.7 Å². The number of hydrogen-bond donors (Lipinski definition) is 1. The molecule has 34 heavy (non-hydrogen) atoms. The van der Waals surface area contributed by atoms with Crippen LogP contribution in [0.25, 0.3) is 0 Å². The van der Waals surface area contributed by atoms with Crippen LogP contribution in [0.15, 0.2) is 29.2 Å². The molecule has 1 N–H and O–H groups in total. The summed E-state index contributed by atoms with van der Waals surface area (Å²) in [6.45, 7) is 6.27. The lowest BCUT2D eigenvalue weighted by Crippen LogP contribution is -2.58. The summed E-state index contributed by atoms with van der Waals surface area (Å²) >= 11 is 1.40. The Morgan fingerprint density at radius 1 is 0.941 bits per heavy atom. The van der Waals surface area contributed by atoms with Crippen LogP contribution in [0.4, 0.5) is 0 Å². The fraction of sp³-hybridized carbons (Fsp3) is 0.667. The zero-order valence-corrected chi connectivity index (χ0v) is 21.2. The second-order valence-corrected chi connectivity index (χ2v) is 12.3. The maximum Gasteiger partial charge on any atom is 0.255 e. The highest BCUT2D eigenvalue weighted by Gasteiger charge is 2.55. The molecule has 1 aromatic rings. The van der Waals surface area contributed by atoms with E-state index in [2.05, 4.69) is 5.32 Å². The number of nitrogens with zero attached hydrogens (tertiary/aromatic N) is 2. The summed E-state index contributed by atoms with van der Waals surface area (Å²) in [4.78, 5) is 43.8. The van der Waals surface area contributed by atoms with E-state index in [-0.39, 0.29) is 29.0 Å². The van der Waals surface area contributed by atoms with Gasteiger partial charge in [0.1, 0.15) is 0 Å². The second kappa shape index (κ2) is 9.56. The van der Waals surface area contributed by atoms with Gasteiger partial charge in [-0.15, -0.1) is 11.8 Å². The first-order valence-corrected chi connectivity index (χ1v) is 13.9. The van der Waals surface area contributed by atoms with Gasteiger partial charge in [-0.2, -0.15) is 0 Å². The third-order valence-corrected chi connectivity index (χ3v) is 9.35. The number of carbonyl (C=O) groups is 3. The molecule has 6 nitrogen and oxygen atoms in total. The molecule has 5 aliphatic rings. The standard InChI is InChI=1S/C27H37N3O3S/c1-18(2)28-24(31)17-34-23-6-4-3-5-22(23)25(32)29-7-9-30(10-8-29)26(33)27-14-19-11-20(15-27)13-21(12-19)16-27/h3-6,18-21H,7-17H2,1-2H3,(H,28,31). The SMILES string of the molecule is CC(C)NC(=O)CSc1ccccc1C(=O)N1CCN(C(=O)C23CC4CC(CC(C4)C2)C3)CC1. The van der Waals surface area contributed by atoms with Gasteiger partial charge in [-0.1, -0.05) is 12.1 Å². The number of nitrogens with one attached hydrogen (secondary N) is 1. The number of benzene rings is 1. The maximum absolute atomic E-state index is 13.7. The van der Waals surface area contributed by atoms with Crippen molar-refractivity contribution in [1.82, 2.24) is 15.1 Å². The van der Waals surface area contributed by atoms with E-state index in [0.29, 0.717) is 37.6 Å². The Morgan fingerprint density at radius 3 is 2.09 bits per heavy atom. The summed E-state index contributed by atoms with van der Waals surface area (Å²) in [7, 11) is 0. The Kier molecular flexibility index (Phi) is 6.66. The minimum absolute atomic E-state index is 0.00530. The van der Waals surface area contributed by atoms with Gasteiger partial charge in [0, 0.05) is 37.1 Å². The van der Waals surface area contributed by atoms with Gasteiger partial charge < -0.3 is 15.1 Å². The van der Waals surface area contributed by atoms with Gasteiger partial charge in [-0.05, 0) is 82.3 Å². The second-order valence-electron chi connectivity index (χ2n) is 11.3. The van der Waals surface area contributed by atoms with E-state index in [0.717, 1.165) is 41.9 Å².